The second-order valence-electron chi connectivity index (χ2n) is 6.09. The maximum atomic E-state index is 11.0. The molecule has 0 spiro atoms. The fourth-order valence-electron chi connectivity index (χ4n) is 2.93. The Bertz CT molecular complexity index is 1090. The van der Waals surface area contributed by atoms with Crippen LogP contribution in [0.3, 0.4) is 0 Å². The second kappa shape index (κ2) is 7.32. The standard InChI is InChI=1S/C21H16N4O3/c1-28-17-11-12-19-18(13-17)20(14-7-9-16(10-8-14)25(26)27)23-24-21(22-19)15-5-3-2-4-6-15/h2-13H,1H3,(H,22,24). The van der Waals surface area contributed by atoms with Crippen molar-refractivity contribution >= 4 is 22.9 Å². The number of amidine groups is 1. The van der Waals surface area contributed by atoms with E-state index in [9.17, 15) is 10.1 Å². The van der Waals surface area contributed by atoms with Gasteiger partial charge < -0.3 is 4.74 Å². The van der Waals surface area contributed by atoms with Crippen molar-refractivity contribution in [3.05, 3.63) is 99.6 Å². The van der Waals surface area contributed by atoms with Gasteiger partial charge in [0, 0.05) is 28.8 Å². The van der Waals surface area contributed by atoms with Crippen LogP contribution in [-0.4, -0.2) is 23.6 Å². The molecular formula is C21H16N4O3. The van der Waals surface area contributed by atoms with E-state index >= 15 is 0 Å². The highest BCUT2D eigenvalue weighted by Gasteiger charge is 2.19. The van der Waals surface area contributed by atoms with Crippen molar-refractivity contribution in [2.24, 2.45) is 10.1 Å². The molecule has 0 radical (unpaired) electrons. The number of nitro groups is 1. The number of methoxy groups -OCH3 is 1. The SMILES string of the molecule is COc1ccc2c(c1)C(c1ccc([N+](=O)[O-])cc1)=NNC(c1ccccc1)=N2. The number of ether oxygens (including phenoxy) is 1. The summed E-state index contributed by atoms with van der Waals surface area (Å²) in [6.45, 7) is 0. The molecule has 1 aliphatic rings. The molecule has 0 aliphatic carbocycles. The number of nitro benzene ring substituents is 1. The van der Waals surface area contributed by atoms with Crippen LogP contribution < -0.4 is 10.2 Å². The third-order valence-corrected chi connectivity index (χ3v) is 4.36. The van der Waals surface area contributed by atoms with Gasteiger partial charge in [-0.2, -0.15) is 5.10 Å². The van der Waals surface area contributed by atoms with Crippen molar-refractivity contribution < 1.29 is 9.66 Å². The quantitative estimate of drug-likeness (QED) is 0.553. The molecule has 0 amide bonds. The maximum Gasteiger partial charge on any atom is 0.269 e. The zero-order valence-electron chi connectivity index (χ0n) is 15.0. The van der Waals surface area contributed by atoms with Crippen LogP contribution in [0.1, 0.15) is 16.7 Å². The fourth-order valence-corrected chi connectivity index (χ4v) is 2.93. The summed E-state index contributed by atoms with van der Waals surface area (Å²) in [5.74, 6) is 1.29. The van der Waals surface area contributed by atoms with Crippen molar-refractivity contribution in [1.82, 2.24) is 5.43 Å². The summed E-state index contributed by atoms with van der Waals surface area (Å²) >= 11 is 0. The van der Waals surface area contributed by atoms with Crippen LogP contribution in [0.15, 0.2) is 82.9 Å². The first kappa shape index (κ1) is 17.4. The normalized spacial score (nSPS) is 12.8. The lowest BCUT2D eigenvalue weighted by Crippen LogP contribution is -2.19. The van der Waals surface area contributed by atoms with Crippen LogP contribution in [0.4, 0.5) is 11.4 Å². The molecule has 28 heavy (non-hydrogen) atoms. The van der Waals surface area contributed by atoms with Gasteiger partial charge in [-0.25, -0.2) is 4.99 Å². The van der Waals surface area contributed by atoms with Crippen LogP contribution >= 0.6 is 0 Å². The number of nitrogens with zero attached hydrogens (tertiary/aromatic N) is 3. The predicted molar refractivity (Wildman–Crippen MR) is 108 cm³/mol. The van der Waals surface area contributed by atoms with Gasteiger partial charge in [-0.1, -0.05) is 30.3 Å². The highest BCUT2D eigenvalue weighted by molar-refractivity contribution is 6.18. The molecule has 0 unspecified atom stereocenters. The Balaban J connectivity index is 1.84. The average molecular weight is 372 g/mol. The molecule has 138 valence electrons. The summed E-state index contributed by atoms with van der Waals surface area (Å²) in [6.07, 6.45) is 0. The van der Waals surface area contributed by atoms with E-state index < -0.39 is 4.92 Å². The van der Waals surface area contributed by atoms with Gasteiger partial charge in [0.1, 0.15) is 11.5 Å². The predicted octanol–water partition coefficient (Wildman–Crippen LogP) is 4.04. The molecule has 0 saturated carbocycles. The number of hydrogen-bond donors (Lipinski definition) is 1. The fraction of sp³-hybridized carbons (Fsp3) is 0.0476. The molecule has 1 heterocycles. The Kier molecular flexibility index (Phi) is 4.55. The van der Waals surface area contributed by atoms with E-state index in [1.807, 2.05) is 48.5 Å². The number of benzene rings is 3. The summed E-state index contributed by atoms with van der Waals surface area (Å²) in [7, 11) is 1.60. The molecule has 4 rings (SSSR count). The van der Waals surface area contributed by atoms with Crippen LogP contribution in [0.2, 0.25) is 0 Å². The summed E-state index contributed by atoms with van der Waals surface area (Å²) in [4.78, 5) is 15.3. The molecule has 1 aliphatic heterocycles. The van der Waals surface area contributed by atoms with E-state index in [0.29, 0.717) is 17.3 Å². The van der Waals surface area contributed by atoms with E-state index in [4.69, 9.17) is 9.73 Å². The van der Waals surface area contributed by atoms with E-state index in [1.54, 1.807) is 19.2 Å². The molecule has 7 nitrogen and oxygen atoms in total. The molecule has 0 saturated heterocycles. The van der Waals surface area contributed by atoms with Crippen molar-refractivity contribution in [3.8, 4) is 5.75 Å². The molecule has 0 atom stereocenters. The highest BCUT2D eigenvalue weighted by atomic mass is 16.6. The first-order valence-corrected chi connectivity index (χ1v) is 8.57. The highest BCUT2D eigenvalue weighted by Crippen LogP contribution is 2.30. The summed E-state index contributed by atoms with van der Waals surface area (Å²) in [6, 6.07) is 21.5. The summed E-state index contributed by atoms with van der Waals surface area (Å²) in [5.41, 5.74) is 6.81. The van der Waals surface area contributed by atoms with Crippen LogP contribution in [-0.2, 0) is 0 Å². The first-order chi connectivity index (χ1) is 13.7. The first-order valence-electron chi connectivity index (χ1n) is 8.57. The van der Waals surface area contributed by atoms with Crippen LogP contribution in [0.5, 0.6) is 5.75 Å². The average Bonchev–Trinajstić information content (AvgIpc) is 2.93. The third-order valence-electron chi connectivity index (χ3n) is 4.36. The third kappa shape index (κ3) is 3.33. The van der Waals surface area contributed by atoms with E-state index in [2.05, 4.69) is 10.5 Å². The van der Waals surface area contributed by atoms with Gasteiger partial charge in [0.2, 0.25) is 0 Å². The number of hydrazone groups is 1. The molecule has 0 fully saturated rings. The largest absolute Gasteiger partial charge is 0.497 e. The van der Waals surface area contributed by atoms with E-state index in [0.717, 1.165) is 22.4 Å². The van der Waals surface area contributed by atoms with Gasteiger partial charge >= 0.3 is 0 Å². The second-order valence-corrected chi connectivity index (χ2v) is 6.09. The van der Waals surface area contributed by atoms with E-state index in [-0.39, 0.29) is 5.69 Å². The number of aliphatic imine (C=N–C) groups is 1. The Hall–Kier alpha value is -4.00. The number of nitrogens with one attached hydrogen (secondary N) is 1. The number of hydrogen-bond acceptors (Lipinski definition) is 6. The maximum absolute atomic E-state index is 11.0. The van der Waals surface area contributed by atoms with Gasteiger partial charge in [-0.15, -0.1) is 0 Å². The molecular weight excluding hydrogens is 356 g/mol. The molecule has 1 N–H and O–H groups in total. The molecule has 7 heteroatoms. The summed E-state index contributed by atoms with van der Waals surface area (Å²) < 4.78 is 5.35. The zero-order valence-corrected chi connectivity index (χ0v) is 15.0. The lowest BCUT2D eigenvalue weighted by atomic mass is 10.00. The minimum atomic E-state index is -0.426. The molecule has 3 aromatic rings. The summed E-state index contributed by atoms with van der Waals surface area (Å²) in [5, 5.41) is 15.5. The topological polar surface area (TPSA) is 89.1 Å². The number of rotatable bonds is 4. The van der Waals surface area contributed by atoms with Crippen molar-refractivity contribution in [2.45, 2.75) is 0 Å². The minimum Gasteiger partial charge on any atom is -0.497 e. The van der Waals surface area contributed by atoms with E-state index in [1.165, 1.54) is 12.1 Å². The number of fused-ring (bicyclic) bond motifs is 1. The Morgan fingerprint density at radius 2 is 1.71 bits per heavy atom. The Morgan fingerprint density at radius 3 is 2.39 bits per heavy atom. The monoisotopic (exact) mass is 372 g/mol. The van der Waals surface area contributed by atoms with Gasteiger partial charge in [-0.05, 0) is 30.3 Å². The lowest BCUT2D eigenvalue weighted by Gasteiger charge is -2.09. The molecule has 3 aromatic carbocycles. The zero-order chi connectivity index (χ0) is 19.5. The van der Waals surface area contributed by atoms with Crippen LogP contribution in [0.25, 0.3) is 0 Å². The molecule has 0 bridgehead atoms. The smallest absolute Gasteiger partial charge is 0.269 e. The van der Waals surface area contributed by atoms with Gasteiger partial charge in [0.05, 0.1) is 17.7 Å². The van der Waals surface area contributed by atoms with Gasteiger partial charge in [-0.3, -0.25) is 15.5 Å². The lowest BCUT2D eigenvalue weighted by molar-refractivity contribution is -0.384. The Morgan fingerprint density at radius 1 is 0.964 bits per heavy atom. The van der Waals surface area contributed by atoms with Gasteiger partial charge in [0.15, 0.2) is 5.84 Å². The van der Waals surface area contributed by atoms with Crippen molar-refractivity contribution in [2.75, 3.05) is 7.11 Å². The molecule has 0 aromatic heterocycles. The Labute approximate surface area is 161 Å². The van der Waals surface area contributed by atoms with Crippen molar-refractivity contribution in [1.29, 1.82) is 0 Å². The number of non-ortho nitro benzene ring substituents is 1. The van der Waals surface area contributed by atoms with Crippen molar-refractivity contribution in [3.63, 3.8) is 0 Å². The van der Waals surface area contributed by atoms with Gasteiger partial charge in [0.25, 0.3) is 5.69 Å². The minimum absolute atomic E-state index is 0.0259. The van der Waals surface area contributed by atoms with Crippen LogP contribution in [0, 0.1) is 10.1 Å².